The average Bonchev–Trinajstić information content (AvgIpc) is 3.15. The van der Waals surface area contributed by atoms with Gasteiger partial charge in [-0.3, -0.25) is 9.59 Å². The quantitative estimate of drug-likeness (QED) is 0.189. The van der Waals surface area contributed by atoms with Crippen molar-refractivity contribution < 1.29 is 36.7 Å². The number of allylic oxidation sites excluding steroid dienone is 2. The molecule has 0 unspecified atom stereocenters. The molecule has 0 N–H and O–H groups in total. The predicted octanol–water partition coefficient (Wildman–Crippen LogP) is 11.9. The molecule has 8 rings (SSSR count). The largest absolute Gasteiger partial charge is 0.460 e. The minimum absolute atomic E-state index is 0.0178. The van der Waals surface area contributed by atoms with Crippen LogP contribution in [0.1, 0.15) is 134 Å². The molecule has 57 heavy (non-hydrogen) atoms. The topological polar surface area (TPSA) is 82.8 Å². The molecule has 1 heterocycles. The first-order chi connectivity index (χ1) is 26.6. The van der Waals surface area contributed by atoms with Crippen LogP contribution in [0.4, 0.5) is 13.2 Å². The van der Waals surface area contributed by atoms with E-state index in [2.05, 4.69) is 47.6 Å². The zero-order valence-electron chi connectivity index (χ0n) is 34.4. The monoisotopic (exact) mass is 786 g/mol. The molecule has 0 bridgehead atoms. The van der Waals surface area contributed by atoms with Crippen molar-refractivity contribution in [2.75, 3.05) is 0 Å². The van der Waals surface area contributed by atoms with Gasteiger partial charge in [-0.2, -0.15) is 13.2 Å². The van der Waals surface area contributed by atoms with E-state index in [-0.39, 0.29) is 62.9 Å². The Morgan fingerprint density at radius 3 is 2.26 bits per heavy atom. The zero-order valence-corrected chi connectivity index (χ0v) is 34.4. The number of benzene rings is 2. The van der Waals surface area contributed by atoms with Gasteiger partial charge in [-0.15, -0.1) is 0 Å². The van der Waals surface area contributed by atoms with Gasteiger partial charge in [0.05, 0.1) is 16.4 Å². The number of rotatable bonds is 5. The molecule has 306 valence electrons. The number of hydrogen-bond acceptors (Lipinski definition) is 6. The molecule has 5 aliphatic carbocycles. The Labute approximate surface area is 334 Å². The Bertz CT molecular complexity index is 2190. The lowest BCUT2D eigenvalue weighted by atomic mass is 9.33. The predicted molar refractivity (Wildman–Crippen MR) is 212 cm³/mol. The Morgan fingerprint density at radius 2 is 1.54 bits per heavy atom. The van der Waals surface area contributed by atoms with Crippen molar-refractivity contribution in [1.29, 1.82) is 0 Å². The van der Waals surface area contributed by atoms with E-state index in [0.717, 1.165) is 69.9 Å². The summed E-state index contributed by atoms with van der Waals surface area (Å²) in [5.74, 6) is 0.0629. The molecule has 6 nitrogen and oxygen atoms in total. The second-order valence-corrected chi connectivity index (χ2v) is 20.3. The molecule has 0 spiro atoms. The van der Waals surface area contributed by atoms with Crippen molar-refractivity contribution in [3.8, 4) is 0 Å². The van der Waals surface area contributed by atoms with Crippen molar-refractivity contribution >= 4 is 22.9 Å². The lowest BCUT2D eigenvalue weighted by Gasteiger charge is -2.71. The molecule has 3 aromatic rings. The van der Waals surface area contributed by atoms with Crippen LogP contribution in [-0.4, -0.2) is 18.0 Å². The minimum Gasteiger partial charge on any atom is -0.460 e. The number of para-hydroxylation sites is 1. The molecule has 9 atom stereocenters. The van der Waals surface area contributed by atoms with Crippen molar-refractivity contribution in [1.82, 2.24) is 0 Å². The first-order valence-electron chi connectivity index (χ1n) is 20.9. The summed E-state index contributed by atoms with van der Waals surface area (Å²) in [7, 11) is 0. The lowest BCUT2D eigenvalue weighted by molar-refractivity contribution is -0.204. The van der Waals surface area contributed by atoms with Crippen LogP contribution >= 0.6 is 0 Å². The second kappa shape index (κ2) is 13.3. The molecule has 4 fully saturated rings. The average molecular weight is 787 g/mol. The van der Waals surface area contributed by atoms with Gasteiger partial charge in [0.2, 0.25) is 5.76 Å². The van der Waals surface area contributed by atoms with Crippen molar-refractivity contribution in [2.45, 2.75) is 132 Å². The van der Waals surface area contributed by atoms with E-state index in [0.29, 0.717) is 34.8 Å². The number of carbonyl (C=O) groups excluding carboxylic acids is 2. The summed E-state index contributed by atoms with van der Waals surface area (Å²) >= 11 is 0. The maximum atomic E-state index is 13.9. The molecule has 0 radical (unpaired) electrons. The summed E-state index contributed by atoms with van der Waals surface area (Å²) in [6.07, 6.45) is 7.11. The molecule has 1 aromatic heterocycles. The van der Waals surface area contributed by atoms with Crippen LogP contribution in [0.5, 0.6) is 0 Å². The number of ether oxygens (including phenoxy) is 2. The molecule has 2 aromatic carbocycles. The van der Waals surface area contributed by atoms with E-state index in [4.69, 9.17) is 13.9 Å². The van der Waals surface area contributed by atoms with Crippen LogP contribution in [-0.2, 0) is 27.1 Å². The van der Waals surface area contributed by atoms with Crippen LogP contribution in [0.25, 0.3) is 11.0 Å². The van der Waals surface area contributed by atoms with Gasteiger partial charge in [0.1, 0.15) is 18.3 Å². The summed E-state index contributed by atoms with van der Waals surface area (Å²) in [4.78, 5) is 40.2. The van der Waals surface area contributed by atoms with Gasteiger partial charge in [0.25, 0.3) is 0 Å². The van der Waals surface area contributed by atoms with E-state index in [1.165, 1.54) is 23.8 Å². The highest BCUT2D eigenvalue weighted by Crippen LogP contribution is 2.76. The smallest absolute Gasteiger partial charge is 0.416 e. The molecule has 5 aliphatic rings. The number of hydrogen-bond donors (Lipinski definition) is 0. The zero-order chi connectivity index (χ0) is 41.0. The van der Waals surface area contributed by atoms with Crippen molar-refractivity contribution in [2.24, 2.45) is 50.2 Å². The Morgan fingerprint density at radius 1 is 0.842 bits per heavy atom. The second-order valence-electron chi connectivity index (χ2n) is 20.3. The third-order valence-electron chi connectivity index (χ3n) is 17.0. The molecule has 4 saturated carbocycles. The van der Waals surface area contributed by atoms with Crippen LogP contribution in [0.15, 0.2) is 75.5 Å². The lowest BCUT2D eigenvalue weighted by Crippen LogP contribution is -2.64. The summed E-state index contributed by atoms with van der Waals surface area (Å²) in [6.45, 7) is 16.4. The Kier molecular flexibility index (Phi) is 9.33. The molecule has 9 heteroatoms. The molecular formula is C48H57F3O6. The highest BCUT2D eigenvalue weighted by Gasteiger charge is 2.68. The number of alkyl halides is 3. The summed E-state index contributed by atoms with van der Waals surface area (Å²) in [5.41, 5.74) is 0.538. The van der Waals surface area contributed by atoms with E-state index >= 15 is 0 Å². The molecule has 0 saturated heterocycles. The summed E-state index contributed by atoms with van der Waals surface area (Å²) in [6, 6.07) is 13.0. The van der Waals surface area contributed by atoms with Crippen LogP contribution in [0.3, 0.4) is 0 Å². The van der Waals surface area contributed by atoms with Gasteiger partial charge in [-0.25, -0.2) is 4.79 Å². The fourth-order valence-corrected chi connectivity index (χ4v) is 13.2. The van der Waals surface area contributed by atoms with Crippen molar-refractivity contribution in [3.05, 3.63) is 93.4 Å². The van der Waals surface area contributed by atoms with E-state index < -0.39 is 23.1 Å². The maximum absolute atomic E-state index is 13.9. The third-order valence-corrected chi connectivity index (χ3v) is 17.0. The normalized spacial score (nSPS) is 37.1. The first kappa shape index (κ1) is 39.9. The third kappa shape index (κ3) is 6.22. The van der Waals surface area contributed by atoms with Gasteiger partial charge in [-0.05, 0) is 140 Å². The Balaban J connectivity index is 1.01. The minimum atomic E-state index is -4.41. The van der Waals surface area contributed by atoms with Crippen LogP contribution in [0.2, 0.25) is 0 Å². The molecular weight excluding hydrogens is 730 g/mol. The molecule has 0 aliphatic heterocycles. The Hall–Kier alpha value is -3.88. The number of fused-ring (bicyclic) bond motifs is 8. The first-order valence-corrected chi connectivity index (χ1v) is 20.9. The van der Waals surface area contributed by atoms with E-state index in [9.17, 15) is 27.6 Å². The van der Waals surface area contributed by atoms with Gasteiger partial charge in [0, 0.05) is 11.5 Å². The fraction of sp³-hybridized carbons (Fsp3) is 0.604. The van der Waals surface area contributed by atoms with Gasteiger partial charge in [0.15, 0.2) is 5.43 Å². The highest BCUT2D eigenvalue weighted by atomic mass is 19.4. The highest BCUT2D eigenvalue weighted by molar-refractivity contribution is 5.89. The van der Waals surface area contributed by atoms with Gasteiger partial charge < -0.3 is 13.9 Å². The van der Waals surface area contributed by atoms with Crippen LogP contribution in [0, 0.1) is 50.2 Å². The maximum Gasteiger partial charge on any atom is 0.416 e. The van der Waals surface area contributed by atoms with Crippen LogP contribution < -0.4 is 5.43 Å². The fourth-order valence-electron chi connectivity index (χ4n) is 13.2. The van der Waals surface area contributed by atoms with Gasteiger partial charge in [-0.1, -0.05) is 77.5 Å². The number of halogens is 3. The SMILES string of the molecule is CC1(C)[C@@H](OC(=O)c2cc(=O)c3ccccc3o2)CC[C@]2(C)[C@H]3CC=C4[C@@H]5C[C@@](C)(C(=O)OCc6ccc(C(F)(F)F)cc6)CC[C@]5(C)CC[C@@]4(C)[C@]3(C)CC[C@@H]12. The number of esters is 2. The molecule has 0 amide bonds. The summed E-state index contributed by atoms with van der Waals surface area (Å²) in [5, 5.41) is 0.434. The standard InChI is InChI=1S/C48H57F3O6/c1-42(2)37-18-21-47(7)38(45(37,5)20-19-39(42)57-40(53)36-26-34(52)31-10-8-9-11-35(31)56-36)17-16-32-33-27-44(4,23-22-43(33,3)24-25-46(32,47)6)41(54)55-28-29-12-14-30(15-13-29)48(49,50)51/h8-16,26,33,37-39H,17-25,27-28H2,1-7H3/t33-,37-,38+,39-,43+,44-,45-,46+,47+/m0/s1. The number of carbonyl (C=O) groups is 2. The summed E-state index contributed by atoms with van der Waals surface area (Å²) < 4.78 is 57.3. The van der Waals surface area contributed by atoms with Crippen molar-refractivity contribution in [3.63, 3.8) is 0 Å². The van der Waals surface area contributed by atoms with Gasteiger partial charge >= 0.3 is 18.1 Å². The van der Waals surface area contributed by atoms with E-state index in [1.807, 2.05) is 6.92 Å². The van der Waals surface area contributed by atoms with E-state index in [1.54, 1.807) is 24.3 Å².